The number of nitrogens with one attached hydrogen (secondary N) is 1. The topological polar surface area (TPSA) is 41.6 Å². The summed E-state index contributed by atoms with van der Waals surface area (Å²) in [6, 6.07) is 4.87. The zero-order valence-corrected chi connectivity index (χ0v) is 9.99. The monoisotopic (exact) mass is 250 g/mol. The van der Waals surface area contributed by atoms with Crippen LogP contribution in [0.25, 0.3) is 0 Å². The number of carbonyl (C=O) groups is 1. The highest BCUT2D eigenvalue weighted by Crippen LogP contribution is 2.33. The standard InChI is InChI=1S/C13H15FN2O2/c14-11-3-1-2-9-8-18-13(17)16(12(9)11)10-4-6-15-7-5-10/h1-3,10,15H,4-8H2. The van der Waals surface area contributed by atoms with Gasteiger partial charge >= 0.3 is 6.09 Å². The van der Waals surface area contributed by atoms with Gasteiger partial charge in [-0.1, -0.05) is 12.1 Å². The van der Waals surface area contributed by atoms with Gasteiger partial charge in [0.05, 0.1) is 5.69 Å². The predicted molar refractivity (Wildman–Crippen MR) is 65.0 cm³/mol. The number of para-hydroxylation sites is 1. The van der Waals surface area contributed by atoms with Gasteiger partial charge in [0.25, 0.3) is 0 Å². The molecule has 96 valence electrons. The van der Waals surface area contributed by atoms with Crippen molar-refractivity contribution in [3.8, 4) is 0 Å². The van der Waals surface area contributed by atoms with Crippen LogP contribution in [0.4, 0.5) is 14.9 Å². The van der Waals surface area contributed by atoms with Gasteiger partial charge in [-0.3, -0.25) is 4.90 Å². The lowest BCUT2D eigenvalue weighted by Crippen LogP contribution is -2.48. The fraction of sp³-hybridized carbons (Fsp3) is 0.462. The minimum atomic E-state index is -0.431. The molecule has 0 atom stereocenters. The van der Waals surface area contributed by atoms with Gasteiger partial charge in [0.2, 0.25) is 0 Å². The Morgan fingerprint density at radius 1 is 1.33 bits per heavy atom. The van der Waals surface area contributed by atoms with Gasteiger partial charge in [-0.05, 0) is 32.0 Å². The Morgan fingerprint density at radius 2 is 2.11 bits per heavy atom. The van der Waals surface area contributed by atoms with Crippen molar-refractivity contribution in [1.82, 2.24) is 5.32 Å². The first-order valence-electron chi connectivity index (χ1n) is 6.21. The molecule has 2 aliphatic heterocycles. The van der Waals surface area contributed by atoms with E-state index in [1.165, 1.54) is 11.0 Å². The van der Waals surface area contributed by atoms with E-state index in [1.807, 2.05) is 0 Å². The summed E-state index contributed by atoms with van der Waals surface area (Å²) < 4.78 is 19.1. The fourth-order valence-electron chi connectivity index (χ4n) is 2.64. The summed E-state index contributed by atoms with van der Waals surface area (Å²) in [5, 5.41) is 3.23. The summed E-state index contributed by atoms with van der Waals surface area (Å²) in [5.41, 5.74) is 1.15. The van der Waals surface area contributed by atoms with Gasteiger partial charge in [0.15, 0.2) is 0 Å². The maximum atomic E-state index is 14.0. The van der Waals surface area contributed by atoms with Gasteiger partial charge in [-0.25, -0.2) is 9.18 Å². The lowest BCUT2D eigenvalue weighted by atomic mass is 10.0. The molecule has 0 radical (unpaired) electrons. The molecule has 4 nitrogen and oxygen atoms in total. The Bertz CT molecular complexity index is 472. The molecule has 0 saturated carbocycles. The van der Waals surface area contributed by atoms with E-state index in [-0.39, 0.29) is 18.5 Å². The minimum Gasteiger partial charge on any atom is -0.444 e. The summed E-state index contributed by atoms with van der Waals surface area (Å²) in [7, 11) is 0. The average molecular weight is 250 g/mol. The Labute approximate surface area is 105 Å². The quantitative estimate of drug-likeness (QED) is 0.829. The Kier molecular flexibility index (Phi) is 2.91. The van der Waals surface area contributed by atoms with Gasteiger partial charge < -0.3 is 10.1 Å². The van der Waals surface area contributed by atoms with Crippen LogP contribution < -0.4 is 10.2 Å². The Hall–Kier alpha value is -1.62. The number of halogens is 1. The highest BCUT2D eigenvalue weighted by atomic mass is 19.1. The molecule has 0 aromatic heterocycles. The molecule has 3 rings (SSSR count). The zero-order chi connectivity index (χ0) is 12.5. The maximum absolute atomic E-state index is 14.0. The second-order valence-electron chi connectivity index (χ2n) is 4.65. The molecule has 1 N–H and O–H groups in total. The fourth-order valence-corrected chi connectivity index (χ4v) is 2.64. The Morgan fingerprint density at radius 3 is 2.89 bits per heavy atom. The highest BCUT2D eigenvalue weighted by Gasteiger charge is 2.34. The van der Waals surface area contributed by atoms with E-state index in [0.29, 0.717) is 5.69 Å². The molecule has 1 saturated heterocycles. The van der Waals surface area contributed by atoms with E-state index >= 15 is 0 Å². The number of carbonyl (C=O) groups excluding carboxylic acids is 1. The first kappa shape index (κ1) is 11.5. The first-order chi connectivity index (χ1) is 8.77. The summed E-state index contributed by atoms with van der Waals surface area (Å²) in [5.74, 6) is -0.345. The van der Waals surface area contributed by atoms with Crippen molar-refractivity contribution in [2.75, 3.05) is 18.0 Å². The Balaban J connectivity index is 2.00. The van der Waals surface area contributed by atoms with Crippen LogP contribution in [0.15, 0.2) is 18.2 Å². The lowest BCUT2D eigenvalue weighted by molar-refractivity contribution is 0.136. The summed E-state index contributed by atoms with van der Waals surface area (Å²) in [6.07, 6.45) is 1.21. The van der Waals surface area contributed by atoms with E-state index in [1.54, 1.807) is 12.1 Å². The number of hydrogen-bond donors (Lipinski definition) is 1. The summed E-state index contributed by atoms with van der Waals surface area (Å²) >= 11 is 0. The van der Waals surface area contributed by atoms with E-state index in [9.17, 15) is 9.18 Å². The normalized spacial score (nSPS) is 20.5. The van der Waals surface area contributed by atoms with Crippen LogP contribution in [0.1, 0.15) is 18.4 Å². The number of ether oxygens (including phenoxy) is 1. The van der Waals surface area contributed by atoms with Crippen LogP contribution in [0.5, 0.6) is 0 Å². The third-order valence-corrected chi connectivity index (χ3v) is 3.53. The van der Waals surface area contributed by atoms with Crippen LogP contribution in [-0.2, 0) is 11.3 Å². The van der Waals surface area contributed by atoms with Crippen molar-refractivity contribution in [1.29, 1.82) is 0 Å². The van der Waals surface area contributed by atoms with Crippen LogP contribution in [0.2, 0.25) is 0 Å². The van der Waals surface area contributed by atoms with E-state index in [4.69, 9.17) is 4.74 Å². The molecule has 1 aromatic carbocycles. The third-order valence-electron chi connectivity index (χ3n) is 3.53. The second kappa shape index (κ2) is 4.57. The number of piperidine rings is 1. The van der Waals surface area contributed by atoms with Crippen molar-refractivity contribution in [2.45, 2.75) is 25.5 Å². The number of benzene rings is 1. The molecule has 2 heterocycles. The number of hydrogen-bond acceptors (Lipinski definition) is 3. The predicted octanol–water partition coefficient (Wildman–Crippen LogP) is 2.03. The number of amides is 1. The van der Waals surface area contributed by atoms with Gasteiger partial charge in [-0.2, -0.15) is 0 Å². The third kappa shape index (κ3) is 1.84. The smallest absolute Gasteiger partial charge is 0.414 e. The minimum absolute atomic E-state index is 0.0229. The van der Waals surface area contributed by atoms with Gasteiger partial charge in [0, 0.05) is 11.6 Å². The van der Waals surface area contributed by atoms with Crippen molar-refractivity contribution >= 4 is 11.8 Å². The van der Waals surface area contributed by atoms with Crippen molar-refractivity contribution in [3.05, 3.63) is 29.6 Å². The van der Waals surface area contributed by atoms with E-state index in [2.05, 4.69) is 5.32 Å². The largest absolute Gasteiger partial charge is 0.444 e. The van der Waals surface area contributed by atoms with Crippen molar-refractivity contribution < 1.29 is 13.9 Å². The van der Waals surface area contributed by atoms with Crippen molar-refractivity contribution in [2.24, 2.45) is 0 Å². The number of fused-ring (bicyclic) bond motifs is 1. The molecule has 2 aliphatic rings. The summed E-state index contributed by atoms with van der Waals surface area (Å²) in [4.78, 5) is 13.4. The van der Waals surface area contributed by atoms with Crippen LogP contribution >= 0.6 is 0 Å². The average Bonchev–Trinajstić information content (AvgIpc) is 2.40. The zero-order valence-electron chi connectivity index (χ0n) is 9.99. The molecule has 1 fully saturated rings. The maximum Gasteiger partial charge on any atom is 0.414 e. The van der Waals surface area contributed by atoms with E-state index < -0.39 is 6.09 Å². The highest BCUT2D eigenvalue weighted by molar-refractivity contribution is 5.91. The molecule has 1 aromatic rings. The lowest BCUT2D eigenvalue weighted by Gasteiger charge is -2.37. The molecular weight excluding hydrogens is 235 g/mol. The van der Waals surface area contributed by atoms with Crippen LogP contribution in [0.3, 0.4) is 0 Å². The van der Waals surface area contributed by atoms with Gasteiger partial charge in [0.1, 0.15) is 12.4 Å². The number of cyclic esters (lactones) is 1. The number of nitrogens with zero attached hydrogens (tertiary/aromatic N) is 1. The molecule has 1 amide bonds. The van der Waals surface area contributed by atoms with Crippen LogP contribution in [-0.4, -0.2) is 25.2 Å². The number of rotatable bonds is 1. The van der Waals surface area contributed by atoms with Crippen LogP contribution in [0, 0.1) is 5.82 Å². The molecule has 0 aliphatic carbocycles. The molecular formula is C13H15FN2O2. The number of anilines is 1. The first-order valence-corrected chi connectivity index (χ1v) is 6.21. The molecule has 0 spiro atoms. The molecule has 5 heteroatoms. The van der Waals surface area contributed by atoms with Crippen molar-refractivity contribution in [3.63, 3.8) is 0 Å². The van der Waals surface area contributed by atoms with E-state index in [0.717, 1.165) is 31.5 Å². The second-order valence-corrected chi connectivity index (χ2v) is 4.65. The molecule has 0 unspecified atom stereocenters. The van der Waals surface area contributed by atoms with Gasteiger partial charge in [-0.15, -0.1) is 0 Å². The molecule has 18 heavy (non-hydrogen) atoms. The SMILES string of the molecule is O=C1OCc2cccc(F)c2N1C1CCNCC1. The summed E-state index contributed by atoms with van der Waals surface area (Å²) in [6.45, 7) is 1.85. The molecule has 0 bridgehead atoms.